The van der Waals surface area contributed by atoms with E-state index in [4.69, 9.17) is 0 Å². The van der Waals surface area contributed by atoms with Crippen LogP contribution in [-0.2, 0) is 6.54 Å². The number of pyridine rings is 1. The van der Waals surface area contributed by atoms with Crippen LogP contribution >= 0.6 is 0 Å². The zero-order chi connectivity index (χ0) is 17.6. The van der Waals surface area contributed by atoms with Crippen molar-refractivity contribution < 1.29 is 4.79 Å². The number of amides is 1. The number of aromatic amines is 1. The summed E-state index contributed by atoms with van der Waals surface area (Å²) in [7, 11) is 0. The lowest BCUT2D eigenvalue weighted by Crippen LogP contribution is -2.27. The zero-order valence-electron chi connectivity index (χ0n) is 14.0. The van der Waals surface area contributed by atoms with Crippen LogP contribution in [0, 0.1) is 6.92 Å². The van der Waals surface area contributed by atoms with Crippen molar-refractivity contribution in [2.24, 2.45) is 0 Å². The highest BCUT2D eigenvalue weighted by atomic mass is 16.2. The van der Waals surface area contributed by atoms with Crippen LogP contribution in [0.25, 0.3) is 11.3 Å². The van der Waals surface area contributed by atoms with Crippen LogP contribution in [0.5, 0.6) is 0 Å². The van der Waals surface area contributed by atoms with Crippen LogP contribution in [0.2, 0.25) is 0 Å². The SMILES string of the molecule is Cc1ccc(-c2cc(C(=O)NCCCn3ccccc3=O)[nH]n2)cc1. The molecule has 0 saturated heterocycles. The molecule has 0 aliphatic carbocycles. The molecule has 6 nitrogen and oxygen atoms in total. The molecule has 25 heavy (non-hydrogen) atoms. The van der Waals surface area contributed by atoms with Crippen LogP contribution in [0.4, 0.5) is 0 Å². The van der Waals surface area contributed by atoms with E-state index in [2.05, 4.69) is 15.5 Å². The van der Waals surface area contributed by atoms with Crippen molar-refractivity contribution in [3.63, 3.8) is 0 Å². The lowest BCUT2D eigenvalue weighted by Gasteiger charge is -2.05. The Kier molecular flexibility index (Phi) is 5.09. The van der Waals surface area contributed by atoms with E-state index in [-0.39, 0.29) is 11.5 Å². The Balaban J connectivity index is 1.53. The average molecular weight is 336 g/mol. The van der Waals surface area contributed by atoms with Crippen LogP contribution < -0.4 is 10.9 Å². The number of hydrogen-bond acceptors (Lipinski definition) is 3. The average Bonchev–Trinajstić information content (AvgIpc) is 3.11. The summed E-state index contributed by atoms with van der Waals surface area (Å²) >= 11 is 0. The Morgan fingerprint density at radius 1 is 1.20 bits per heavy atom. The van der Waals surface area contributed by atoms with Crippen molar-refractivity contribution in [3.05, 3.63) is 76.3 Å². The Bertz CT molecular complexity index is 909. The van der Waals surface area contributed by atoms with Crippen LogP contribution in [-0.4, -0.2) is 27.2 Å². The molecule has 3 rings (SSSR count). The van der Waals surface area contributed by atoms with Gasteiger partial charge in [-0.05, 0) is 25.5 Å². The molecule has 1 amide bonds. The van der Waals surface area contributed by atoms with Gasteiger partial charge < -0.3 is 9.88 Å². The molecule has 0 fully saturated rings. The van der Waals surface area contributed by atoms with Crippen molar-refractivity contribution in [2.75, 3.05) is 6.54 Å². The molecule has 2 aromatic heterocycles. The Morgan fingerprint density at radius 2 is 2.00 bits per heavy atom. The molecule has 0 bridgehead atoms. The smallest absolute Gasteiger partial charge is 0.269 e. The van der Waals surface area contributed by atoms with E-state index in [1.54, 1.807) is 22.9 Å². The molecule has 0 unspecified atom stereocenters. The first kappa shape index (κ1) is 16.7. The standard InChI is InChI=1S/C19H20N4O2/c1-14-6-8-15(9-7-14)16-13-17(22-21-16)19(25)20-10-4-12-23-11-3-2-5-18(23)24/h2-3,5-9,11,13H,4,10,12H2,1H3,(H,20,25)(H,21,22). The summed E-state index contributed by atoms with van der Waals surface area (Å²) in [6.45, 7) is 3.08. The number of aryl methyl sites for hydroxylation is 2. The first-order chi connectivity index (χ1) is 12.1. The Morgan fingerprint density at radius 3 is 2.76 bits per heavy atom. The highest BCUT2D eigenvalue weighted by Crippen LogP contribution is 2.18. The van der Waals surface area contributed by atoms with Gasteiger partial charge in [-0.25, -0.2) is 0 Å². The van der Waals surface area contributed by atoms with Gasteiger partial charge in [0.25, 0.3) is 5.91 Å². The second kappa shape index (κ2) is 7.61. The van der Waals surface area contributed by atoms with Gasteiger partial charge >= 0.3 is 0 Å². The quantitative estimate of drug-likeness (QED) is 0.678. The molecule has 0 aliphatic rings. The van der Waals surface area contributed by atoms with Gasteiger partial charge in [-0.15, -0.1) is 0 Å². The fraction of sp³-hybridized carbons (Fsp3) is 0.211. The predicted octanol–water partition coefficient (Wildman–Crippen LogP) is 2.37. The van der Waals surface area contributed by atoms with Gasteiger partial charge in [-0.1, -0.05) is 35.9 Å². The first-order valence-corrected chi connectivity index (χ1v) is 8.19. The third kappa shape index (κ3) is 4.23. The third-order valence-electron chi connectivity index (χ3n) is 3.93. The van der Waals surface area contributed by atoms with Gasteiger partial charge in [-0.3, -0.25) is 14.7 Å². The highest BCUT2D eigenvalue weighted by molar-refractivity contribution is 5.93. The molecular weight excluding hydrogens is 316 g/mol. The third-order valence-corrected chi connectivity index (χ3v) is 3.93. The van der Waals surface area contributed by atoms with E-state index in [1.807, 2.05) is 37.3 Å². The first-order valence-electron chi connectivity index (χ1n) is 8.19. The van der Waals surface area contributed by atoms with Gasteiger partial charge in [0.1, 0.15) is 5.69 Å². The maximum absolute atomic E-state index is 12.2. The molecule has 0 aliphatic heterocycles. The maximum Gasteiger partial charge on any atom is 0.269 e. The lowest BCUT2D eigenvalue weighted by atomic mass is 10.1. The molecule has 2 N–H and O–H groups in total. The molecule has 2 heterocycles. The second-order valence-corrected chi connectivity index (χ2v) is 5.87. The topological polar surface area (TPSA) is 79.8 Å². The van der Waals surface area contributed by atoms with E-state index in [0.29, 0.717) is 25.2 Å². The van der Waals surface area contributed by atoms with E-state index >= 15 is 0 Å². The van der Waals surface area contributed by atoms with E-state index in [0.717, 1.165) is 11.3 Å². The normalized spacial score (nSPS) is 10.6. The Hall–Kier alpha value is -3.15. The van der Waals surface area contributed by atoms with Crippen molar-refractivity contribution >= 4 is 5.91 Å². The van der Waals surface area contributed by atoms with Crippen molar-refractivity contribution in [1.29, 1.82) is 0 Å². The van der Waals surface area contributed by atoms with Gasteiger partial charge in [0.05, 0.1) is 5.69 Å². The van der Waals surface area contributed by atoms with E-state index in [1.165, 1.54) is 11.6 Å². The molecular formula is C19H20N4O2. The lowest BCUT2D eigenvalue weighted by molar-refractivity contribution is 0.0947. The number of carbonyl (C=O) groups excluding carboxylic acids is 1. The molecule has 0 radical (unpaired) electrons. The van der Waals surface area contributed by atoms with Gasteiger partial charge in [-0.2, -0.15) is 5.10 Å². The van der Waals surface area contributed by atoms with E-state index < -0.39 is 0 Å². The van der Waals surface area contributed by atoms with Crippen molar-refractivity contribution in [2.45, 2.75) is 19.9 Å². The van der Waals surface area contributed by atoms with Gasteiger partial charge in [0.15, 0.2) is 0 Å². The molecule has 0 saturated carbocycles. The summed E-state index contributed by atoms with van der Waals surface area (Å²) in [6, 6.07) is 14.8. The number of benzene rings is 1. The second-order valence-electron chi connectivity index (χ2n) is 5.87. The summed E-state index contributed by atoms with van der Waals surface area (Å²) in [6.07, 6.45) is 2.42. The predicted molar refractivity (Wildman–Crippen MR) is 96.4 cm³/mol. The number of nitrogens with one attached hydrogen (secondary N) is 2. The summed E-state index contributed by atoms with van der Waals surface area (Å²) in [5.74, 6) is -0.203. The number of hydrogen-bond donors (Lipinski definition) is 2. The summed E-state index contributed by atoms with van der Waals surface area (Å²) in [5.41, 5.74) is 3.26. The molecule has 3 aromatic rings. The minimum Gasteiger partial charge on any atom is -0.351 e. The van der Waals surface area contributed by atoms with Crippen LogP contribution in [0.1, 0.15) is 22.5 Å². The Labute approximate surface area is 145 Å². The van der Waals surface area contributed by atoms with Crippen molar-refractivity contribution in [1.82, 2.24) is 20.1 Å². The van der Waals surface area contributed by atoms with Crippen LogP contribution in [0.15, 0.2) is 59.5 Å². The zero-order valence-corrected chi connectivity index (χ0v) is 14.0. The number of carbonyl (C=O) groups is 1. The minimum absolute atomic E-state index is 0.0369. The monoisotopic (exact) mass is 336 g/mol. The van der Waals surface area contributed by atoms with Crippen molar-refractivity contribution in [3.8, 4) is 11.3 Å². The summed E-state index contributed by atoms with van der Waals surface area (Å²) in [4.78, 5) is 23.8. The van der Waals surface area contributed by atoms with Gasteiger partial charge in [0, 0.05) is 30.9 Å². The number of rotatable bonds is 6. The number of aromatic nitrogens is 3. The summed E-state index contributed by atoms with van der Waals surface area (Å²) in [5, 5.41) is 9.80. The van der Waals surface area contributed by atoms with Gasteiger partial charge in [0.2, 0.25) is 5.56 Å². The molecule has 6 heteroatoms. The van der Waals surface area contributed by atoms with Crippen LogP contribution in [0.3, 0.4) is 0 Å². The summed E-state index contributed by atoms with van der Waals surface area (Å²) < 4.78 is 1.62. The molecule has 1 aromatic carbocycles. The maximum atomic E-state index is 12.2. The van der Waals surface area contributed by atoms with E-state index in [9.17, 15) is 9.59 Å². The largest absolute Gasteiger partial charge is 0.351 e. The number of nitrogens with zero attached hydrogens (tertiary/aromatic N) is 2. The number of H-pyrrole nitrogens is 1. The molecule has 128 valence electrons. The molecule has 0 atom stereocenters. The molecule has 0 spiro atoms. The minimum atomic E-state index is -0.203. The fourth-order valence-electron chi connectivity index (χ4n) is 2.50. The fourth-order valence-corrected chi connectivity index (χ4v) is 2.50. The highest BCUT2D eigenvalue weighted by Gasteiger charge is 2.10.